The van der Waals surface area contributed by atoms with Crippen molar-refractivity contribution >= 4 is 50.3 Å². The third-order valence-corrected chi connectivity index (χ3v) is 8.97. The van der Waals surface area contributed by atoms with Gasteiger partial charge in [0.25, 0.3) is 0 Å². The average Bonchev–Trinajstić information content (AvgIpc) is 2.93. The first-order valence-corrected chi connectivity index (χ1v) is 14.6. The second-order valence-electron chi connectivity index (χ2n) is 9.64. The standard InChI is InChI=1S/C29H34ClN3O4S/c1-19-16-22(33(3)28-15-10-21(17-25(28)30)20-8-6-5-7-9-20)11-13-26(19)32-27-14-12-23(38(35,36)31-2)18-24(27)29(34)37-4/h10-18,20,31-32H,5-9H2,1-4H3. The molecule has 1 aliphatic carbocycles. The molecule has 0 unspecified atom stereocenters. The van der Waals surface area contributed by atoms with E-state index in [0.717, 1.165) is 27.6 Å². The maximum Gasteiger partial charge on any atom is 0.340 e. The van der Waals surface area contributed by atoms with Crippen LogP contribution in [0.3, 0.4) is 0 Å². The molecular weight excluding hydrogens is 522 g/mol. The van der Waals surface area contributed by atoms with E-state index in [4.69, 9.17) is 16.3 Å². The fourth-order valence-corrected chi connectivity index (χ4v) is 6.03. The Morgan fingerprint density at radius 3 is 2.34 bits per heavy atom. The molecule has 1 aliphatic rings. The number of carbonyl (C=O) groups excluding carboxylic acids is 1. The summed E-state index contributed by atoms with van der Waals surface area (Å²) in [7, 11) is 0.846. The van der Waals surface area contributed by atoms with Crippen molar-refractivity contribution in [3.05, 3.63) is 76.3 Å². The predicted octanol–water partition coefficient (Wildman–Crippen LogP) is 6.90. The van der Waals surface area contributed by atoms with Crippen LogP contribution in [0.2, 0.25) is 5.02 Å². The second kappa shape index (κ2) is 11.8. The van der Waals surface area contributed by atoms with Crippen molar-refractivity contribution in [1.29, 1.82) is 0 Å². The molecule has 0 aliphatic heterocycles. The largest absolute Gasteiger partial charge is 0.465 e. The first-order valence-electron chi connectivity index (χ1n) is 12.7. The highest BCUT2D eigenvalue weighted by Crippen LogP contribution is 2.38. The third-order valence-electron chi connectivity index (χ3n) is 7.25. The SMILES string of the molecule is CNS(=O)(=O)c1ccc(Nc2ccc(N(C)c3ccc(C4CCCCC4)cc3Cl)cc2C)c(C(=O)OC)c1. The molecular formula is C29H34ClN3O4S. The molecule has 1 fully saturated rings. The summed E-state index contributed by atoms with van der Waals surface area (Å²) in [4.78, 5) is 14.5. The molecule has 0 heterocycles. The van der Waals surface area contributed by atoms with Crippen LogP contribution in [0.25, 0.3) is 0 Å². The third kappa shape index (κ3) is 5.98. The van der Waals surface area contributed by atoms with Crippen molar-refractivity contribution in [2.75, 3.05) is 31.4 Å². The van der Waals surface area contributed by atoms with Gasteiger partial charge in [-0.1, -0.05) is 36.9 Å². The van der Waals surface area contributed by atoms with Crippen molar-refractivity contribution in [2.45, 2.75) is 49.8 Å². The van der Waals surface area contributed by atoms with Gasteiger partial charge in [0.2, 0.25) is 10.0 Å². The molecule has 0 saturated heterocycles. The molecule has 4 rings (SSSR count). The van der Waals surface area contributed by atoms with E-state index in [0.29, 0.717) is 11.6 Å². The van der Waals surface area contributed by atoms with Crippen molar-refractivity contribution < 1.29 is 17.9 Å². The van der Waals surface area contributed by atoms with E-state index in [1.807, 2.05) is 32.2 Å². The van der Waals surface area contributed by atoms with Gasteiger partial charge in [-0.2, -0.15) is 0 Å². The van der Waals surface area contributed by atoms with E-state index in [9.17, 15) is 13.2 Å². The maximum atomic E-state index is 12.4. The van der Waals surface area contributed by atoms with Crippen LogP contribution in [-0.2, 0) is 14.8 Å². The number of ether oxygens (including phenoxy) is 1. The normalized spacial score (nSPS) is 14.2. The lowest BCUT2D eigenvalue weighted by molar-refractivity contribution is 0.0601. The van der Waals surface area contributed by atoms with Gasteiger partial charge in [-0.25, -0.2) is 17.9 Å². The lowest BCUT2D eigenvalue weighted by atomic mass is 9.84. The molecule has 0 radical (unpaired) electrons. The molecule has 3 aromatic carbocycles. The van der Waals surface area contributed by atoms with Gasteiger partial charge in [-0.05, 0) is 92.4 Å². The second-order valence-corrected chi connectivity index (χ2v) is 11.9. The summed E-state index contributed by atoms with van der Waals surface area (Å²) in [5.41, 5.74) is 5.48. The van der Waals surface area contributed by atoms with Gasteiger partial charge >= 0.3 is 5.97 Å². The van der Waals surface area contributed by atoms with Crippen LogP contribution in [0.5, 0.6) is 0 Å². The molecule has 3 aromatic rings. The Labute approximate surface area is 230 Å². The molecule has 1 saturated carbocycles. The van der Waals surface area contributed by atoms with Crippen molar-refractivity contribution in [3.63, 3.8) is 0 Å². The fraction of sp³-hybridized carbons (Fsp3) is 0.345. The van der Waals surface area contributed by atoms with E-state index in [1.54, 1.807) is 6.07 Å². The minimum Gasteiger partial charge on any atom is -0.465 e. The van der Waals surface area contributed by atoms with Gasteiger partial charge in [0.15, 0.2) is 0 Å². The molecule has 0 amide bonds. The lowest BCUT2D eigenvalue weighted by Crippen LogP contribution is -2.19. The number of sulfonamides is 1. The topological polar surface area (TPSA) is 87.7 Å². The number of methoxy groups -OCH3 is 1. The van der Waals surface area contributed by atoms with Crippen molar-refractivity contribution in [3.8, 4) is 0 Å². The number of nitrogens with zero attached hydrogens (tertiary/aromatic N) is 1. The van der Waals surface area contributed by atoms with Crippen LogP contribution in [0.15, 0.2) is 59.5 Å². The number of halogens is 1. The first kappa shape index (κ1) is 28.0. The molecule has 0 aromatic heterocycles. The number of anilines is 4. The maximum absolute atomic E-state index is 12.4. The summed E-state index contributed by atoms with van der Waals surface area (Å²) in [6.45, 7) is 1.96. The minimum absolute atomic E-state index is 0.0222. The summed E-state index contributed by atoms with van der Waals surface area (Å²) in [5.74, 6) is -0.0449. The van der Waals surface area contributed by atoms with E-state index in [-0.39, 0.29) is 10.5 Å². The van der Waals surface area contributed by atoms with E-state index in [1.165, 1.54) is 64.0 Å². The van der Waals surface area contributed by atoms with E-state index in [2.05, 4.69) is 33.1 Å². The Morgan fingerprint density at radius 2 is 1.71 bits per heavy atom. The summed E-state index contributed by atoms with van der Waals surface area (Å²) in [6.07, 6.45) is 6.34. The lowest BCUT2D eigenvalue weighted by Gasteiger charge is -2.25. The van der Waals surface area contributed by atoms with Crippen molar-refractivity contribution in [2.24, 2.45) is 0 Å². The molecule has 0 bridgehead atoms. The van der Waals surface area contributed by atoms with Crippen LogP contribution < -0.4 is 14.9 Å². The van der Waals surface area contributed by atoms with Gasteiger partial charge < -0.3 is 15.0 Å². The molecule has 2 N–H and O–H groups in total. The number of nitrogens with one attached hydrogen (secondary N) is 2. The number of esters is 1. The van der Waals surface area contributed by atoms with E-state index >= 15 is 0 Å². The smallest absolute Gasteiger partial charge is 0.340 e. The first-order chi connectivity index (χ1) is 18.1. The van der Waals surface area contributed by atoms with Crippen LogP contribution in [-0.4, -0.2) is 35.6 Å². The van der Waals surface area contributed by atoms with Crippen LogP contribution in [0.4, 0.5) is 22.7 Å². The molecule has 9 heteroatoms. The highest BCUT2D eigenvalue weighted by molar-refractivity contribution is 7.89. The van der Waals surface area contributed by atoms with Crippen LogP contribution >= 0.6 is 11.6 Å². The van der Waals surface area contributed by atoms with Crippen LogP contribution in [0.1, 0.15) is 59.5 Å². The Balaban J connectivity index is 1.58. The molecule has 202 valence electrons. The Hall–Kier alpha value is -3.07. The Morgan fingerprint density at radius 1 is 1.00 bits per heavy atom. The van der Waals surface area contributed by atoms with Crippen LogP contribution in [0, 0.1) is 6.92 Å². The van der Waals surface area contributed by atoms with Gasteiger partial charge in [-0.3, -0.25) is 0 Å². The van der Waals surface area contributed by atoms with Gasteiger partial charge in [0.05, 0.1) is 34.0 Å². The monoisotopic (exact) mass is 555 g/mol. The number of carbonyl (C=O) groups is 1. The van der Waals surface area contributed by atoms with Crippen molar-refractivity contribution in [1.82, 2.24) is 4.72 Å². The number of hydrogen-bond donors (Lipinski definition) is 2. The number of aryl methyl sites for hydroxylation is 1. The average molecular weight is 556 g/mol. The number of rotatable bonds is 8. The van der Waals surface area contributed by atoms with E-state index < -0.39 is 16.0 Å². The highest BCUT2D eigenvalue weighted by Gasteiger charge is 2.20. The zero-order chi connectivity index (χ0) is 27.4. The van der Waals surface area contributed by atoms with Gasteiger partial charge in [0.1, 0.15) is 0 Å². The molecule has 38 heavy (non-hydrogen) atoms. The predicted molar refractivity (Wildman–Crippen MR) is 154 cm³/mol. The summed E-state index contributed by atoms with van der Waals surface area (Å²) in [6, 6.07) is 16.6. The molecule has 7 nitrogen and oxygen atoms in total. The fourth-order valence-electron chi connectivity index (χ4n) is 4.96. The zero-order valence-electron chi connectivity index (χ0n) is 22.2. The quantitative estimate of drug-likeness (QED) is 0.294. The zero-order valence-corrected chi connectivity index (χ0v) is 23.7. The van der Waals surface area contributed by atoms with Gasteiger partial charge in [0, 0.05) is 18.4 Å². The molecule has 0 spiro atoms. The number of benzene rings is 3. The minimum atomic E-state index is -3.72. The summed E-state index contributed by atoms with van der Waals surface area (Å²) in [5, 5.41) is 3.98. The Bertz CT molecular complexity index is 1440. The summed E-state index contributed by atoms with van der Waals surface area (Å²) >= 11 is 6.74. The summed E-state index contributed by atoms with van der Waals surface area (Å²) < 4.78 is 31.6. The Kier molecular flexibility index (Phi) is 8.65. The molecule has 0 atom stereocenters. The number of hydrogen-bond acceptors (Lipinski definition) is 6. The van der Waals surface area contributed by atoms with Gasteiger partial charge in [-0.15, -0.1) is 0 Å². The highest BCUT2D eigenvalue weighted by atomic mass is 35.5.